The zero-order valence-corrected chi connectivity index (χ0v) is 14.4. The molecule has 1 aliphatic heterocycles. The van der Waals surface area contributed by atoms with Gasteiger partial charge in [0.2, 0.25) is 0 Å². The molecule has 0 unspecified atom stereocenters. The average Bonchev–Trinajstić information content (AvgIpc) is 3.25. The summed E-state index contributed by atoms with van der Waals surface area (Å²) in [4.78, 5) is 19.5. The maximum Gasteiger partial charge on any atom is 0.273 e. The quantitative estimate of drug-likeness (QED) is 0.822. The molecule has 2 aliphatic rings. The molecule has 1 aromatic heterocycles. The summed E-state index contributed by atoms with van der Waals surface area (Å²) < 4.78 is 5.57. The number of hydrogen-bond donors (Lipinski definition) is 0. The topological polar surface area (TPSA) is 42.4 Å². The van der Waals surface area contributed by atoms with E-state index in [0.29, 0.717) is 24.3 Å². The van der Waals surface area contributed by atoms with Gasteiger partial charge in [0.05, 0.1) is 0 Å². The molecule has 0 radical (unpaired) electrons. The van der Waals surface area contributed by atoms with Gasteiger partial charge in [-0.3, -0.25) is 4.79 Å². The number of carbonyl (C=O) groups is 1. The zero-order valence-electron chi connectivity index (χ0n) is 13.6. The van der Waals surface area contributed by atoms with Gasteiger partial charge in [0.25, 0.3) is 5.91 Å². The molecule has 0 spiro atoms. The fraction of sp³-hybridized carbons (Fsp3) is 0.765. The summed E-state index contributed by atoms with van der Waals surface area (Å²) in [6.07, 6.45) is 7.52. The van der Waals surface area contributed by atoms with Crippen LogP contribution in [0.2, 0.25) is 0 Å². The minimum absolute atomic E-state index is 0.0271. The molecule has 3 rings (SSSR count). The van der Waals surface area contributed by atoms with Crippen LogP contribution in [-0.2, 0) is 4.74 Å². The molecule has 122 valence electrons. The van der Waals surface area contributed by atoms with Gasteiger partial charge in [0, 0.05) is 24.6 Å². The van der Waals surface area contributed by atoms with Crippen LogP contribution in [0.25, 0.3) is 0 Å². The van der Waals surface area contributed by atoms with Crippen LogP contribution in [0.3, 0.4) is 0 Å². The number of amides is 1. The zero-order chi connectivity index (χ0) is 15.5. The second kappa shape index (κ2) is 7.09. The Labute approximate surface area is 136 Å². The summed E-state index contributed by atoms with van der Waals surface area (Å²) in [6.45, 7) is 5.54. The van der Waals surface area contributed by atoms with Gasteiger partial charge in [-0.1, -0.05) is 12.8 Å². The fourth-order valence-electron chi connectivity index (χ4n) is 3.92. The molecule has 0 bridgehead atoms. The number of rotatable bonds is 5. The Morgan fingerprint density at radius 3 is 2.91 bits per heavy atom. The first-order valence-electron chi connectivity index (χ1n) is 8.58. The Hall–Kier alpha value is -0.940. The second-order valence-corrected chi connectivity index (χ2v) is 7.31. The Morgan fingerprint density at radius 2 is 2.18 bits per heavy atom. The third-order valence-corrected chi connectivity index (χ3v) is 6.02. The predicted octanol–water partition coefficient (Wildman–Crippen LogP) is 4.04. The normalized spacial score (nSPS) is 24.1. The van der Waals surface area contributed by atoms with Crippen LogP contribution in [0, 0.1) is 5.92 Å². The van der Waals surface area contributed by atoms with Crippen molar-refractivity contribution >= 4 is 17.2 Å². The highest BCUT2D eigenvalue weighted by molar-refractivity contribution is 7.09. The van der Waals surface area contributed by atoms with Crippen molar-refractivity contribution in [3.8, 4) is 0 Å². The van der Waals surface area contributed by atoms with E-state index in [-0.39, 0.29) is 12.0 Å². The Kier molecular flexibility index (Phi) is 5.14. The van der Waals surface area contributed by atoms with Gasteiger partial charge >= 0.3 is 0 Å². The number of carbonyl (C=O) groups excluding carboxylic acids is 1. The second-order valence-electron chi connectivity index (χ2n) is 6.42. The highest BCUT2D eigenvalue weighted by atomic mass is 32.1. The number of hydrogen-bond acceptors (Lipinski definition) is 4. The summed E-state index contributed by atoms with van der Waals surface area (Å²) in [5, 5.41) is 2.80. The molecule has 1 amide bonds. The number of aromatic nitrogens is 1. The van der Waals surface area contributed by atoms with E-state index in [2.05, 4.69) is 9.88 Å². The SMILES string of the molecule is CCO[C@H](C)c1nc(C(=O)N2CCC[C@H]2C2CCCC2)cs1. The van der Waals surface area contributed by atoms with Gasteiger partial charge < -0.3 is 9.64 Å². The lowest BCUT2D eigenvalue weighted by molar-refractivity contribution is 0.0676. The lowest BCUT2D eigenvalue weighted by atomic mass is 9.96. The van der Waals surface area contributed by atoms with Crippen molar-refractivity contribution < 1.29 is 9.53 Å². The molecule has 0 aromatic carbocycles. The van der Waals surface area contributed by atoms with E-state index in [4.69, 9.17) is 4.74 Å². The maximum absolute atomic E-state index is 12.8. The fourth-order valence-corrected chi connectivity index (χ4v) is 4.71. The van der Waals surface area contributed by atoms with Crippen molar-refractivity contribution in [2.24, 2.45) is 5.92 Å². The monoisotopic (exact) mass is 322 g/mol. The van der Waals surface area contributed by atoms with Crippen molar-refractivity contribution in [3.63, 3.8) is 0 Å². The molecule has 1 aliphatic carbocycles. The number of ether oxygens (including phenoxy) is 1. The van der Waals surface area contributed by atoms with Gasteiger partial charge in [0.15, 0.2) is 0 Å². The summed E-state index contributed by atoms with van der Waals surface area (Å²) >= 11 is 1.53. The van der Waals surface area contributed by atoms with Crippen LogP contribution in [-0.4, -0.2) is 35.0 Å². The Balaban J connectivity index is 1.70. The molecule has 1 aromatic rings. The van der Waals surface area contributed by atoms with Gasteiger partial charge in [-0.25, -0.2) is 4.98 Å². The van der Waals surface area contributed by atoms with Crippen LogP contribution in [0.4, 0.5) is 0 Å². The van der Waals surface area contributed by atoms with E-state index >= 15 is 0 Å². The van der Waals surface area contributed by atoms with Gasteiger partial charge in [-0.2, -0.15) is 0 Å². The Bertz CT molecular complexity index is 511. The lowest BCUT2D eigenvalue weighted by Crippen LogP contribution is -2.39. The van der Waals surface area contributed by atoms with Gasteiger partial charge in [-0.15, -0.1) is 11.3 Å². The van der Waals surface area contributed by atoms with E-state index in [0.717, 1.165) is 18.0 Å². The number of nitrogens with zero attached hydrogens (tertiary/aromatic N) is 2. The standard InChI is InChI=1S/C17H26N2O2S/c1-3-21-12(2)16-18-14(11-22-16)17(20)19-10-6-9-15(19)13-7-4-5-8-13/h11-13,15H,3-10H2,1-2H3/t12-,15+/m1/s1. The summed E-state index contributed by atoms with van der Waals surface area (Å²) in [6, 6.07) is 0.449. The van der Waals surface area contributed by atoms with Gasteiger partial charge in [0.1, 0.15) is 16.8 Å². The smallest absolute Gasteiger partial charge is 0.273 e. The molecule has 2 heterocycles. The third-order valence-electron chi connectivity index (χ3n) is 5.01. The van der Waals surface area contributed by atoms with E-state index in [1.807, 2.05) is 19.2 Å². The highest BCUT2D eigenvalue weighted by Crippen LogP contribution is 2.36. The summed E-state index contributed by atoms with van der Waals surface area (Å²) in [5.74, 6) is 0.840. The van der Waals surface area contributed by atoms with E-state index in [9.17, 15) is 4.79 Å². The largest absolute Gasteiger partial charge is 0.372 e. The van der Waals surface area contributed by atoms with E-state index in [1.165, 1.54) is 43.4 Å². The summed E-state index contributed by atoms with van der Waals surface area (Å²) in [7, 11) is 0. The molecule has 0 N–H and O–H groups in total. The number of thiazole rings is 1. The molecule has 22 heavy (non-hydrogen) atoms. The molecule has 1 saturated carbocycles. The minimum atomic E-state index is -0.0271. The molecule has 2 atom stereocenters. The molecule has 2 fully saturated rings. The van der Waals surface area contributed by atoms with E-state index in [1.54, 1.807) is 0 Å². The van der Waals surface area contributed by atoms with Crippen LogP contribution in [0.15, 0.2) is 5.38 Å². The predicted molar refractivity (Wildman–Crippen MR) is 88.2 cm³/mol. The maximum atomic E-state index is 12.8. The van der Waals surface area contributed by atoms with Crippen LogP contribution in [0.1, 0.15) is 74.0 Å². The Morgan fingerprint density at radius 1 is 1.41 bits per heavy atom. The first-order valence-corrected chi connectivity index (χ1v) is 9.46. The first kappa shape index (κ1) is 15.9. The summed E-state index contributed by atoms with van der Waals surface area (Å²) in [5.41, 5.74) is 0.608. The van der Waals surface area contributed by atoms with Gasteiger partial charge in [-0.05, 0) is 45.4 Å². The first-order chi connectivity index (χ1) is 10.7. The van der Waals surface area contributed by atoms with Crippen LogP contribution >= 0.6 is 11.3 Å². The molecule has 4 nitrogen and oxygen atoms in total. The number of likely N-dealkylation sites (tertiary alicyclic amines) is 1. The minimum Gasteiger partial charge on any atom is -0.372 e. The van der Waals surface area contributed by atoms with Crippen molar-refractivity contribution in [1.29, 1.82) is 0 Å². The molecule has 5 heteroatoms. The van der Waals surface area contributed by atoms with Crippen molar-refractivity contribution in [2.45, 2.75) is 64.5 Å². The molecular weight excluding hydrogens is 296 g/mol. The third kappa shape index (κ3) is 3.20. The highest BCUT2D eigenvalue weighted by Gasteiger charge is 2.36. The van der Waals surface area contributed by atoms with Crippen LogP contribution < -0.4 is 0 Å². The lowest BCUT2D eigenvalue weighted by Gasteiger charge is -2.28. The van der Waals surface area contributed by atoms with Crippen molar-refractivity contribution in [2.75, 3.05) is 13.2 Å². The molecular formula is C17H26N2O2S. The van der Waals surface area contributed by atoms with Crippen molar-refractivity contribution in [3.05, 3.63) is 16.1 Å². The van der Waals surface area contributed by atoms with E-state index < -0.39 is 0 Å². The van der Waals surface area contributed by atoms with Crippen molar-refractivity contribution in [1.82, 2.24) is 9.88 Å². The average molecular weight is 322 g/mol. The molecule has 1 saturated heterocycles. The van der Waals surface area contributed by atoms with Crippen LogP contribution in [0.5, 0.6) is 0 Å².